The lowest BCUT2D eigenvalue weighted by molar-refractivity contribution is -0.116. The molecule has 150 valence electrons. The summed E-state index contributed by atoms with van der Waals surface area (Å²) in [6.07, 6.45) is 0. The zero-order valence-corrected chi connectivity index (χ0v) is 18.8. The Kier molecular flexibility index (Phi) is 6.20. The van der Waals surface area contributed by atoms with Crippen molar-refractivity contribution in [3.63, 3.8) is 0 Å². The highest BCUT2D eigenvalue weighted by molar-refractivity contribution is 7.99. The van der Waals surface area contributed by atoms with Gasteiger partial charge in [-0.3, -0.25) is 4.79 Å². The second-order valence-corrected chi connectivity index (χ2v) is 9.67. The topological polar surface area (TPSA) is 84.5 Å². The quantitative estimate of drug-likeness (QED) is 0.540. The van der Waals surface area contributed by atoms with Gasteiger partial charge in [0.05, 0.1) is 11.8 Å². The minimum absolute atomic E-state index is 0.0903. The van der Waals surface area contributed by atoms with Crippen LogP contribution in [0.5, 0.6) is 0 Å². The number of nitrogens with zero attached hydrogens (tertiary/aromatic N) is 5. The van der Waals surface area contributed by atoms with E-state index in [4.69, 9.17) is 0 Å². The van der Waals surface area contributed by atoms with Gasteiger partial charge in [-0.05, 0) is 17.9 Å². The number of carbonyl (C=O) groups is 1. The van der Waals surface area contributed by atoms with Gasteiger partial charge in [-0.2, -0.15) is 5.26 Å². The highest BCUT2D eigenvalue weighted by Gasteiger charge is 2.24. The number of carbonyl (C=O) groups excluding carboxylic acids is 1. The third-order valence-electron chi connectivity index (χ3n) is 4.52. The second kappa shape index (κ2) is 8.47. The van der Waals surface area contributed by atoms with Crippen LogP contribution in [-0.2, 0) is 17.3 Å². The Morgan fingerprint density at radius 3 is 2.52 bits per heavy atom. The Balaban J connectivity index is 1.71. The highest BCUT2D eigenvalue weighted by Crippen LogP contribution is 2.28. The van der Waals surface area contributed by atoms with Gasteiger partial charge in [0.25, 0.3) is 0 Å². The highest BCUT2D eigenvalue weighted by atomic mass is 32.2. The molecule has 0 aliphatic carbocycles. The fraction of sp³-hybridized carbons (Fsp3) is 0.381. The number of aryl methyl sites for hydroxylation is 1. The summed E-state index contributed by atoms with van der Waals surface area (Å²) < 4.78 is 1.87. The van der Waals surface area contributed by atoms with Crippen LogP contribution >= 0.6 is 23.1 Å². The fourth-order valence-corrected chi connectivity index (χ4v) is 4.48. The summed E-state index contributed by atoms with van der Waals surface area (Å²) in [5.74, 6) is -0.122. The number of Topliss-reactive ketones (excluding diaryl/α,β-unsaturated/α-hetero) is 1. The van der Waals surface area contributed by atoms with E-state index in [1.807, 2.05) is 36.1 Å². The molecule has 0 amide bonds. The lowest BCUT2D eigenvalue weighted by atomic mass is 9.87. The first-order valence-electron chi connectivity index (χ1n) is 9.18. The summed E-state index contributed by atoms with van der Waals surface area (Å²) in [6, 6.07) is 10.4. The molecule has 3 aromatic rings. The molecule has 2 aromatic heterocycles. The molecule has 2 heterocycles. The summed E-state index contributed by atoms with van der Waals surface area (Å²) in [4.78, 5) is 16.8. The molecule has 6 nitrogen and oxygen atoms in total. The zero-order valence-electron chi connectivity index (χ0n) is 17.1. The first-order chi connectivity index (χ1) is 13.7. The van der Waals surface area contributed by atoms with Gasteiger partial charge in [0.2, 0.25) is 0 Å². The molecular formula is C21H23N5OS2. The molecule has 0 saturated carbocycles. The number of thiazole rings is 1. The van der Waals surface area contributed by atoms with Gasteiger partial charge in [-0.1, -0.05) is 56.8 Å². The van der Waals surface area contributed by atoms with Crippen LogP contribution in [0.1, 0.15) is 43.0 Å². The standard InChI is InChI=1S/C21H23N5OS2/c1-13-11-28-19(23-13)16(10-22)17(27)12-29-20-25-24-18(26(20)5)14-6-8-15(9-7-14)21(2,3)4/h6-9,11,16H,12H2,1-5H3. The second-order valence-electron chi connectivity index (χ2n) is 7.84. The summed E-state index contributed by atoms with van der Waals surface area (Å²) in [7, 11) is 1.88. The summed E-state index contributed by atoms with van der Waals surface area (Å²) in [5.41, 5.74) is 3.14. The van der Waals surface area contributed by atoms with Gasteiger partial charge in [0.1, 0.15) is 5.01 Å². The van der Waals surface area contributed by atoms with Crippen LogP contribution in [0.15, 0.2) is 34.8 Å². The molecule has 8 heteroatoms. The molecule has 0 N–H and O–H groups in total. The number of nitriles is 1. The number of hydrogen-bond donors (Lipinski definition) is 0. The van der Waals surface area contributed by atoms with Crippen molar-refractivity contribution in [1.82, 2.24) is 19.7 Å². The molecule has 3 rings (SSSR count). The van der Waals surface area contributed by atoms with E-state index >= 15 is 0 Å². The summed E-state index contributed by atoms with van der Waals surface area (Å²) >= 11 is 2.63. The van der Waals surface area contributed by atoms with Crippen molar-refractivity contribution in [2.24, 2.45) is 7.05 Å². The third kappa shape index (κ3) is 4.74. The van der Waals surface area contributed by atoms with Gasteiger partial charge < -0.3 is 4.57 Å². The smallest absolute Gasteiger partial charge is 0.191 e. The Bertz CT molecular complexity index is 1050. The molecule has 1 unspecified atom stereocenters. The van der Waals surface area contributed by atoms with Crippen LogP contribution in [0.2, 0.25) is 0 Å². The number of ketones is 1. The van der Waals surface area contributed by atoms with Gasteiger partial charge in [0, 0.05) is 23.7 Å². The number of aromatic nitrogens is 4. The van der Waals surface area contributed by atoms with Crippen LogP contribution < -0.4 is 0 Å². The van der Waals surface area contributed by atoms with Crippen molar-refractivity contribution in [1.29, 1.82) is 5.26 Å². The van der Waals surface area contributed by atoms with Crippen LogP contribution in [-0.4, -0.2) is 31.3 Å². The molecule has 0 radical (unpaired) electrons. The number of rotatable bonds is 6. The first-order valence-corrected chi connectivity index (χ1v) is 11.0. The van der Waals surface area contributed by atoms with Crippen LogP contribution in [0.3, 0.4) is 0 Å². The number of benzene rings is 1. The molecular weight excluding hydrogens is 402 g/mol. The van der Waals surface area contributed by atoms with Crippen molar-refractivity contribution >= 4 is 28.9 Å². The molecule has 0 fully saturated rings. The molecule has 1 atom stereocenters. The maximum Gasteiger partial charge on any atom is 0.191 e. The van der Waals surface area contributed by atoms with E-state index < -0.39 is 5.92 Å². The van der Waals surface area contributed by atoms with E-state index in [9.17, 15) is 10.1 Å². The van der Waals surface area contributed by atoms with Crippen molar-refractivity contribution < 1.29 is 4.79 Å². The minimum Gasteiger partial charge on any atom is -0.305 e. The van der Waals surface area contributed by atoms with Crippen LogP contribution in [0.25, 0.3) is 11.4 Å². The molecule has 1 aromatic carbocycles. The fourth-order valence-electron chi connectivity index (χ4n) is 2.80. The van der Waals surface area contributed by atoms with E-state index in [1.165, 1.54) is 28.7 Å². The molecule has 0 saturated heterocycles. The van der Waals surface area contributed by atoms with Crippen LogP contribution in [0.4, 0.5) is 0 Å². The molecule has 0 bridgehead atoms. The largest absolute Gasteiger partial charge is 0.305 e. The maximum absolute atomic E-state index is 12.5. The predicted molar refractivity (Wildman–Crippen MR) is 116 cm³/mol. The Morgan fingerprint density at radius 2 is 1.97 bits per heavy atom. The molecule has 0 aliphatic rings. The first kappa shape index (κ1) is 21.2. The Morgan fingerprint density at radius 1 is 1.28 bits per heavy atom. The average Bonchev–Trinajstić information content (AvgIpc) is 3.26. The summed E-state index contributed by atoms with van der Waals surface area (Å²) in [6.45, 7) is 8.38. The normalized spacial score (nSPS) is 12.6. The van der Waals surface area contributed by atoms with E-state index in [0.717, 1.165) is 17.1 Å². The average molecular weight is 426 g/mol. The van der Waals surface area contributed by atoms with Crippen LogP contribution in [0, 0.1) is 18.3 Å². The van der Waals surface area contributed by atoms with E-state index in [0.29, 0.717) is 10.2 Å². The van der Waals surface area contributed by atoms with Crippen molar-refractivity contribution in [2.45, 2.75) is 44.2 Å². The lowest BCUT2D eigenvalue weighted by Crippen LogP contribution is -2.13. The molecule has 0 aliphatic heterocycles. The third-order valence-corrected chi connectivity index (χ3v) is 6.59. The van der Waals surface area contributed by atoms with Gasteiger partial charge >= 0.3 is 0 Å². The predicted octanol–water partition coefficient (Wildman–Crippen LogP) is 4.51. The van der Waals surface area contributed by atoms with E-state index in [1.54, 1.807) is 0 Å². The monoisotopic (exact) mass is 425 g/mol. The maximum atomic E-state index is 12.5. The van der Waals surface area contributed by atoms with Crippen molar-refractivity contribution in [3.05, 3.63) is 45.9 Å². The van der Waals surface area contributed by atoms with E-state index in [-0.39, 0.29) is 17.0 Å². The summed E-state index contributed by atoms with van der Waals surface area (Å²) in [5, 5.41) is 20.9. The van der Waals surface area contributed by atoms with Gasteiger partial charge in [0.15, 0.2) is 22.7 Å². The van der Waals surface area contributed by atoms with Gasteiger partial charge in [-0.15, -0.1) is 21.5 Å². The number of hydrogen-bond acceptors (Lipinski definition) is 7. The molecule has 29 heavy (non-hydrogen) atoms. The lowest BCUT2D eigenvalue weighted by Gasteiger charge is -2.19. The Hall–Kier alpha value is -2.50. The molecule has 0 spiro atoms. The zero-order chi connectivity index (χ0) is 21.2. The Labute approximate surface area is 179 Å². The van der Waals surface area contributed by atoms with Gasteiger partial charge in [-0.25, -0.2) is 4.98 Å². The van der Waals surface area contributed by atoms with Crippen molar-refractivity contribution in [3.8, 4) is 17.5 Å². The number of thioether (sulfide) groups is 1. The van der Waals surface area contributed by atoms with E-state index in [2.05, 4.69) is 54.2 Å². The minimum atomic E-state index is -0.834. The van der Waals surface area contributed by atoms with Crippen molar-refractivity contribution in [2.75, 3.05) is 5.75 Å². The SMILES string of the molecule is Cc1csc(C(C#N)C(=O)CSc2nnc(-c3ccc(C(C)(C)C)cc3)n2C)n1.